The van der Waals surface area contributed by atoms with E-state index in [0.717, 1.165) is 16.3 Å². The molecular weight excluding hydrogens is 222 g/mol. The second-order valence-corrected chi connectivity index (χ2v) is 4.53. The number of aryl methyl sites for hydroxylation is 1. The molecule has 0 aliphatic heterocycles. The van der Waals surface area contributed by atoms with Crippen LogP contribution in [0.1, 0.15) is 24.4 Å². The average Bonchev–Trinajstić information content (AvgIpc) is 2.64. The SMILES string of the molecule is Cc1nc(Sc2ccccc2[C@H](C)O)n[nH]1. The molecule has 2 rings (SSSR count). The first-order valence-electron chi connectivity index (χ1n) is 5.00. The third-order valence-electron chi connectivity index (χ3n) is 2.15. The van der Waals surface area contributed by atoms with Crippen LogP contribution in [0.25, 0.3) is 0 Å². The zero-order valence-electron chi connectivity index (χ0n) is 9.14. The number of aromatic amines is 1. The van der Waals surface area contributed by atoms with Gasteiger partial charge in [0.25, 0.3) is 0 Å². The van der Waals surface area contributed by atoms with E-state index >= 15 is 0 Å². The molecule has 0 saturated heterocycles. The highest BCUT2D eigenvalue weighted by Crippen LogP contribution is 2.30. The van der Waals surface area contributed by atoms with Gasteiger partial charge in [0.05, 0.1) is 6.10 Å². The summed E-state index contributed by atoms with van der Waals surface area (Å²) < 4.78 is 0. The van der Waals surface area contributed by atoms with Crippen LogP contribution in [0.15, 0.2) is 34.3 Å². The molecule has 0 aliphatic rings. The molecule has 16 heavy (non-hydrogen) atoms. The lowest BCUT2D eigenvalue weighted by Crippen LogP contribution is -1.93. The van der Waals surface area contributed by atoms with Gasteiger partial charge in [0, 0.05) is 4.90 Å². The number of nitrogens with one attached hydrogen (secondary N) is 1. The monoisotopic (exact) mass is 235 g/mol. The maximum Gasteiger partial charge on any atom is 0.213 e. The molecule has 0 spiro atoms. The summed E-state index contributed by atoms with van der Waals surface area (Å²) in [5, 5.41) is 17.1. The molecule has 2 N–H and O–H groups in total. The van der Waals surface area contributed by atoms with Crippen LogP contribution in [0, 0.1) is 6.92 Å². The summed E-state index contributed by atoms with van der Waals surface area (Å²) in [7, 11) is 0. The fourth-order valence-corrected chi connectivity index (χ4v) is 2.36. The molecule has 0 aliphatic carbocycles. The highest BCUT2D eigenvalue weighted by Gasteiger charge is 2.10. The van der Waals surface area contributed by atoms with E-state index in [1.807, 2.05) is 31.2 Å². The van der Waals surface area contributed by atoms with Crippen molar-refractivity contribution < 1.29 is 5.11 Å². The third kappa shape index (κ3) is 2.43. The van der Waals surface area contributed by atoms with Crippen LogP contribution >= 0.6 is 11.8 Å². The number of hydrogen-bond donors (Lipinski definition) is 2. The minimum absolute atomic E-state index is 0.483. The lowest BCUT2D eigenvalue weighted by Gasteiger charge is -2.09. The normalized spacial score (nSPS) is 12.7. The van der Waals surface area contributed by atoms with Crippen molar-refractivity contribution in [3.63, 3.8) is 0 Å². The van der Waals surface area contributed by atoms with Crippen molar-refractivity contribution in [2.45, 2.75) is 30.0 Å². The van der Waals surface area contributed by atoms with Crippen molar-refractivity contribution in [3.8, 4) is 0 Å². The number of hydrogen-bond acceptors (Lipinski definition) is 4. The van der Waals surface area contributed by atoms with Gasteiger partial charge in [0.1, 0.15) is 5.82 Å². The Morgan fingerprint density at radius 2 is 2.12 bits per heavy atom. The smallest absolute Gasteiger partial charge is 0.213 e. The van der Waals surface area contributed by atoms with E-state index in [4.69, 9.17) is 0 Å². The van der Waals surface area contributed by atoms with Crippen LogP contribution in [0.2, 0.25) is 0 Å². The predicted octanol–water partition coefficient (Wildman–Crippen LogP) is 2.32. The number of nitrogens with zero attached hydrogens (tertiary/aromatic N) is 2. The van der Waals surface area contributed by atoms with Crippen molar-refractivity contribution in [2.24, 2.45) is 0 Å². The van der Waals surface area contributed by atoms with E-state index in [2.05, 4.69) is 15.2 Å². The summed E-state index contributed by atoms with van der Waals surface area (Å²) in [6.45, 7) is 3.61. The van der Waals surface area contributed by atoms with Crippen LogP contribution in [0.3, 0.4) is 0 Å². The molecule has 0 amide bonds. The zero-order valence-corrected chi connectivity index (χ0v) is 9.95. The number of rotatable bonds is 3. The Morgan fingerprint density at radius 3 is 2.75 bits per heavy atom. The molecule has 2 aromatic rings. The number of aliphatic hydroxyl groups excluding tert-OH is 1. The van der Waals surface area contributed by atoms with Crippen LogP contribution in [0.4, 0.5) is 0 Å². The van der Waals surface area contributed by atoms with Crippen molar-refractivity contribution in [2.75, 3.05) is 0 Å². The molecule has 1 heterocycles. The van der Waals surface area contributed by atoms with Gasteiger partial charge < -0.3 is 5.11 Å². The first kappa shape index (κ1) is 11.2. The number of aromatic nitrogens is 3. The van der Waals surface area contributed by atoms with E-state index in [9.17, 15) is 5.11 Å². The van der Waals surface area contributed by atoms with Gasteiger partial charge in [-0.25, -0.2) is 4.98 Å². The number of aliphatic hydroxyl groups is 1. The Kier molecular flexibility index (Phi) is 3.26. The fourth-order valence-electron chi connectivity index (χ4n) is 1.38. The number of H-pyrrole nitrogens is 1. The molecule has 0 saturated carbocycles. The number of benzene rings is 1. The summed E-state index contributed by atoms with van der Waals surface area (Å²) in [6.07, 6.45) is -0.483. The second-order valence-electron chi connectivity index (χ2n) is 3.52. The van der Waals surface area contributed by atoms with Crippen molar-refractivity contribution in [1.82, 2.24) is 15.2 Å². The third-order valence-corrected chi connectivity index (χ3v) is 3.10. The average molecular weight is 235 g/mol. The largest absolute Gasteiger partial charge is 0.389 e. The molecule has 0 radical (unpaired) electrons. The van der Waals surface area contributed by atoms with E-state index in [-0.39, 0.29) is 0 Å². The summed E-state index contributed by atoms with van der Waals surface area (Å²) in [5.74, 6) is 0.789. The van der Waals surface area contributed by atoms with Gasteiger partial charge in [-0.05, 0) is 37.2 Å². The summed E-state index contributed by atoms with van der Waals surface area (Å²) in [6, 6.07) is 7.72. The van der Waals surface area contributed by atoms with Gasteiger partial charge >= 0.3 is 0 Å². The molecule has 1 aromatic carbocycles. The Balaban J connectivity index is 2.27. The van der Waals surface area contributed by atoms with Gasteiger partial charge in [-0.2, -0.15) is 0 Å². The van der Waals surface area contributed by atoms with Gasteiger partial charge in [-0.3, -0.25) is 5.10 Å². The van der Waals surface area contributed by atoms with Gasteiger partial charge in [0.2, 0.25) is 5.16 Å². The first-order chi connectivity index (χ1) is 7.66. The summed E-state index contributed by atoms with van der Waals surface area (Å²) in [5.41, 5.74) is 0.898. The fraction of sp³-hybridized carbons (Fsp3) is 0.273. The maximum absolute atomic E-state index is 9.63. The quantitative estimate of drug-likeness (QED) is 0.857. The summed E-state index contributed by atoms with van der Waals surface area (Å²) in [4.78, 5) is 5.20. The standard InChI is InChI=1S/C11H13N3OS/c1-7(15)9-5-3-4-6-10(9)16-11-12-8(2)13-14-11/h3-7,15H,1-2H3,(H,12,13,14)/t7-/m0/s1. The van der Waals surface area contributed by atoms with Crippen LogP contribution < -0.4 is 0 Å². The lowest BCUT2D eigenvalue weighted by molar-refractivity contribution is 0.196. The van der Waals surface area contributed by atoms with Crippen molar-refractivity contribution in [1.29, 1.82) is 0 Å². The van der Waals surface area contributed by atoms with Gasteiger partial charge in [-0.1, -0.05) is 18.2 Å². The van der Waals surface area contributed by atoms with E-state index < -0.39 is 6.10 Å². The molecule has 0 bridgehead atoms. The van der Waals surface area contributed by atoms with Gasteiger partial charge in [0.15, 0.2) is 0 Å². The highest BCUT2D eigenvalue weighted by atomic mass is 32.2. The first-order valence-corrected chi connectivity index (χ1v) is 5.82. The molecule has 1 atom stereocenters. The Labute approximate surface area is 98.1 Å². The molecule has 4 nitrogen and oxygen atoms in total. The minimum atomic E-state index is -0.483. The van der Waals surface area contributed by atoms with E-state index in [1.165, 1.54) is 11.8 Å². The minimum Gasteiger partial charge on any atom is -0.389 e. The van der Waals surface area contributed by atoms with E-state index in [0.29, 0.717) is 5.16 Å². The molecule has 0 unspecified atom stereocenters. The van der Waals surface area contributed by atoms with Crippen molar-refractivity contribution in [3.05, 3.63) is 35.7 Å². The molecule has 84 valence electrons. The van der Waals surface area contributed by atoms with Crippen LogP contribution in [0.5, 0.6) is 0 Å². The molecular formula is C11H13N3OS. The Hall–Kier alpha value is -1.33. The van der Waals surface area contributed by atoms with Gasteiger partial charge in [-0.15, -0.1) is 5.10 Å². The maximum atomic E-state index is 9.63. The summed E-state index contributed by atoms with van der Waals surface area (Å²) >= 11 is 1.45. The Morgan fingerprint density at radius 1 is 1.38 bits per heavy atom. The molecule has 5 heteroatoms. The van der Waals surface area contributed by atoms with Crippen LogP contribution in [-0.4, -0.2) is 20.3 Å². The predicted molar refractivity (Wildman–Crippen MR) is 62.3 cm³/mol. The topological polar surface area (TPSA) is 61.8 Å². The van der Waals surface area contributed by atoms with E-state index in [1.54, 1.807) is 6.92 Å². The molecule has 1 aromatic heterocycles. The highest BCUT2D eigenvalue weighted by molar-refractivity contribution is 7.99. The zero-order chi connectivity index (χ0) is 11.5. The second kappa shape index (κ2) is 4.67. The molecule has 0 fully saturated rings. The van der Waals surface area contributed by atoms with Crippen molar-refractivity contribution >= 4 is 11.8 Å². The lowest BCUT2D eigenvalue weighted by atomic mass is 10.1. The van der Waals surface area contributed by atoms with Crippen LogP contribution in [-0.2, 0) is 0 Å². The Bertz CT molecular complexity index is 482.